The third kappa shape index (κ3) is 2.47. The molecule has 0 saturated carbocycles. The van der Waals surface area contributed by atoms with Crippen LogP contribution in [0.25, 0.3) is 0 Å². The molecule has 0 amide bonds. The molecule has 0 bridgehead atoms. The Hall–Kier alpha value is -1.52. The highest BCUT2D eigenvalue weighted by molar-refractivity contribution is 5.61. The van der Waals surface area contributed by atoms with Gasteiger partial charge in [0, 0.05) is 13.1 Å². The van der Waals surface area contributed by atoms with Crippen LogP contribution < -0.4 is 16.4 Å². The largest absolute Gasteiger partial charge is 0.394 e. The Labute approximate surface area is 77.8 Å². The van der Waals surface area contributed by atoms with E-state index < -0.39 is 0 Å². The lowest BCUT2D eigenvalue weighted by atomic mass is 10.5. The van der Waals surface area contributed by atoms with Crippen LogP contribution in [0.1, 0.15) is 13.8 Å². The molecule has 1 aromatic rings. The number of nitrogens with zero attached hydrogens (tertiary/aromatic N) is 2. The number of aromatic nitrogens is 2. The zero-order valence-corrected chi connectivity index (χ0v) is 7.96. The molecule has 0 fully saturated rings. The molecule has 72 valence electrons. The van der Waals surface area contributed by atoms with Crippen molar-refractivity contribution in [1.82, 2.24) is 9.97 Å². The summed E-state index contributed by atoms with van der Waals surface area (Å²) in [5.41, 5.74) is 6.23. The van der Waals surface area contributed by atoms with Gasteiger partial charge < -0.3 is 16.4 Å². The van der Waals surface area contributed by atoms with Crippen LogP contribution in [-0.4, -0.2) is 23.1 Å². The molecule has 0 aromatic carbocycles. The number of nitrogens with one attached hydrogen (secondary N) is 2. The average molecular weight is 181 g/mol. The normalized spacial score (nSPS) is 9.69. The van der Waals surface area contributed by atoms with Crippen LogP contribution in [0.2, 0.25) is 0 Å². The van der Waals surface area contributed by atoms with E-state index in [1.165, 1.54) is 0 Å². The second kappa shape index (κ2) is 4.49. The summed E-state index contributed by atoms with van der Waals surface area (Å²) in [6.45, 7) is 5.59. The van der Waals surface area contributed by atoms with Crippen LogP contribution in [0.15, 0.2) is 6.20 Å². The standard InChI is InChI=1S/C8H15N5/c1-3-10-7-6(9)5-12-8(13-7)11-4-2/h5H,3-4,9H2,1-2H3,(H2,10,11,12,13). The summed E-state index contributed by atoms with van der Waals surface area (Å²) in [4.78, 5) is 8.22. The molecule has 0 aliphatic carbocycles. The molecule has 5 nitrogen and oxygen atoms in total. The minimum absolute atomic E-state index is 0.573. The zero-order chi connectivity index (χ0) is 9.68. The van der Waals surface area contributed by atoms with Gasteiger partial charge in [0.15, 0.2) is 5.82 Å². The van der Waals surface area contributed by atoms with E-state index in [4.69, 9.17) is 5.73 Å². The second-order valence-corrected chi connectivity index (χ2v) is 2.56. The Kier molecular flexibility index (Phi) is 3.31. The highest BCUT2D eigenvalue weighted by atomic mass is 15.1. The Bertz CT molecular complexity index is 273. The first-order valence-corrected chi connectivity index (χ1v) is 4.38. The molecule has 1 heterocycles. The Morgan fingerprint density at radius 2 is 2.00 bits per heavy atom. The molecule has 0 spiro atoms. The molecule has 0 atom stereocenters. The van der Waals surface area contributed by atoms with Gasteiger partial charge in [0.1, 0.15) is 0 Å². The van der Waals surface area contributed by atoms with Crippen molar-refractivity contribution in [2.45, 2.75) is 13.8 Å². The second-order valence-electron chi connectivity index (χ2n) is 2.56. The maximum absolute atomic E-state index is 5.66. The monoisotopic (exact) mass is 181 g/mol. The minimum Gasteiger partial charge on any atom is -0.394 e. The summed E-state index contributed by atoms with van der Waals surface area (Å²) >= 11 is 0. The minimum atomic E-state index is 0.573. The van der Waals surface area contributed by atoms with Crippen LogP contribution >= 0.6 is 0 Å². The molecule has 0 aliphatic rings. The van der Waals surface area contributed by atoms with E-state index in [-0.39, 0.29) is 0 Å². The van der Waals surface area contributed by atoms with Gasteiger partial charge in [-0.25, -0.2) is 4.98 Å². The summed E-state index contributed by atoms with van der Waals surface area (Å²) in [6, 6.07) is 0. The van der Waals surface area contributed by atoms with Crippen LogP contribution in [-0.2, 0) is 0 Å². The number of hydrogen-bond acceptors (Lipinski definition) is 5. The molecule has 0 radical (unpaired) electrons. The number of hydrogen-bond donors (Lipinski definition) is 3. The molecule has 1 aromatic heterocycles. The van der Waals surface area contributed by atoms with Crippen LogP contribution in [0.4, 0.5) is 17.5 Å². The number of nitrogens with two attached hydrogens (primary N) is 1. The molecule has 4 N–H and O–H groups in total. The van der Waals surface area contributed by atoms with Crippen LogP contribution in [0.3, 0.4) is 0 Å². The van der Waals surface area contributed by atoms with E-state index in [0.29, 0.717) is 17.5 Å². The van der Waals surface area contributed by atoms with Gasteiger partial charge in [-0.3, -0.25) is 0 Å². The lowest BCUT2D eigenvalue weighted by molar-refractivity contribution is 1.07. The van der Waals surface area contributed by atoms with E-state index in [9.17, 15) is 0 Å². The lowest BCUT2D eigenvalue weighted by Gasteiger charge is -2.07. The van der Waals surface area contributed by atoms with Crippen molar-refractivity contribution in [3.05, 3.63) is 6.20 Å². The first kappa shape index (κ1) is 9.57. The molecule has 0 unspecified atom stereocenters. The van der Waals surface area contributed by atoms with Gasteiger partial charge in [-0.1, -0.05) is 0 Å². The average Bonchev–Trinajstić information content (AvgIpc) is 2.12. The van der Waals surface area contributed by atoms with Crippen molar-refractivity contribution >= 4 is 17.5 Å². The smallest absolute Gasteiger partial charge is 0.224 e. The van der Waals surface area contributed by atoms with E-state index in [0.717, 1.165) is 13.1 Å². The molecule has 13 heavy (non-hydrogen) atoms. The molecule has 0 saturated heterocycles. The van der Waals surface area contributed by atoms with E-state index in [2.05, 4.69) is 20.6 Å². The summed E-state index contributed by atoms with van der Waals surface area (Å²) in [5.74, 6) is 1.29. The van der Waals surface area contributed by atoms with Crippen molar-refractivity contribution in [3.63, 3.8) is 0 Å². The highest BCUT2D eigenvalue weighted by Gasteiger charge is 2.01. The SMILES string of the molecule is CCNc1ncc(N)c(NCC)n1. The molecule has 1 rings (SSSR count). The van der Waals surface area contributed by atoms with Crippen molar-refractivity contribution in [2.75, 3.05) is 29.5 Å². The lowest BCUT2D eigenvalue weighted by Crippen LogP contribution is -2.08. The Balaban J connectivity index is 2.83. The summed E-state index contributed by atoms with van der Waals surface area (Å²) in [6.07, 6.45) is 1.60. The fourth-order valence-corrected chi connectivity index (χ4v) is 0.943. The maximum atomic E-state index is 5.66. The predicted octanol–water partition coefficient (Wildman–Crippen LogP) is 0.922. The Morgan fingerprint density at radius 1 is 1.31 bits per heavy atom. The third-order valence-electron chi connectivity index (χ3n) is 1.50. The third-order valence-corrected chi connectivity index (χ3v) is 1.50. The topological polar surface area (TPSA) is 75.9 Å². The molecule has 5 heteroatoms. The summed E-state index contributed by atoms with van der Waals surface area (Å²) in [5, 5.41) is 6.07. The number of rotatable bonds is 4. The maximum Gasteiger partial charge on any atom is 0.224 e. The van der Waals surface area contributed by atoms with Crippen molar-refractivity contribution in [2.24, 2.45) is 0 Å². The quantitative estimate of drug-likeness (QED) is 0.644. The van der Waals surface area contributed by atoms with Gasteiger partial charge >= 0.3 is 0 Å². The van der Waals surface area contributed by atoms with Gasteiger partial charge in [-0.05, 0) is 13.8 Å². The molecular weight excluding hydrogens is 166 g/mol. The first-order valence-electron chi connectivity index (χ1n) is 4.38. The van der Waals surface area contributed by atoms with Gasteiger partial charge in [0.25, 0.3) is 0 Å². The van der Waals surface area contributed by atoms with Crippen molar-refractivity contribution in [3.8, 4) is 0 Å². The summed E-state index contributed by atoms with van der Waals surface area (Å²) < 4.78 is 0. The van der Waals surface area contributed by atoms with Gasteiger partial charge in [-0.15, -0.1) is 0 Å². The highest BCUT2D eigenvalue weighted by Crippen LogP contribution is 2.14. The van der Waals surface area contributed by atoms with Gasteiger partial charge in [0.2, 0.25) is 5.95 Å². The predicted molar refractivity (Wildman–Crippen MR) is 54.8 cm³/mol. The van der Waals surface area contributed by atoms with E-state index in [1.807, 2.05) is 13.8 Å². The first-order chi connectivity index (χ1) is 6.27. The summed E-state index contributed by atoms with van der Waals surface area (Å²) in [7, 11) is 0. The molecule has 0 aliphatic heterocycles. The molecular formula is C8H15N5. The van der Waals surface area contributed by atoms with Gasteiger partial charge in [-0.2, -0.15) is 4.98 Å². The van der Waals surface area contributed by atoms with Crippen molar-refractivity contribution in [1.29, 1.82) is 0 Å². The fraction of sp³-hybridized carbons (Fsp3) is 0.500. The van der Waals surface area contributed by atoms with E-state index >= 15 is 0 Å². The fourth-order valence-electron chi connectivity index (χ4n) is 0.943. The van der Waals surface area contributed by atoms with Crippen molar-refractivity contribution < 1.29 is 0 Å². The van der Waals surface area contributed by atoms with Gasteiger partial charge in [0.05, 0.1) is 11.9 Å². The van der Waals surface area contributed by atoms with Crippen LogP contribution in [0, 0.1) is 0 Å². The Morgan fingerprint density at radius 3 is 2.62 bits per heavy atom. The number of nitrogen functional groups attached to an aromatic ring is 1. The van der Waals surface area contributed by atoms with E-state index in [1.54, 1.807) is 6.20 Å². The zero-order valence-electron chi connectivity index (χ0n) is 7.96. The van der Waals surface area contributed by atoms with Crippen LogP contribution in [0.5, 0.6) is 0 Å². The number of anilines is 3.